The number of nitrogens with two attached hydrogens (primary N) is 1. The fourth-order valence-corrected chi connectivity index (χ4v) is 5.39. The van der Waals surface area contributed by atoms with Gasteiger partial charge in [0.15, 0.2) is 0 Å². The molecule has 7 heteroatoms. The van der Waals surface area contributed by atoms with Gasteiger partial charge in [-0.05, 0) is 6.42 Å². The molecule has 17 heavy (non-hydrogen) atoms. The summed E-state index contributed by atoms with van der Waals surface area (Å²) in [4.78, 5) is 0. The zero-order chi connectivity index (χ0) is 12.3. The van der Waals surface area contributed by atoms with Crippen LogP contribution in [0.1, 0.15) is 25.1 Å². The fraction of sp³-hybridized carbons (Fsp3) is 0.800. The number of nitrogens with one attached hydrogen (secondary N) is 1. The van der Waals surface area contributed by atoms with Crippen LogP contribution < -0.4 is 11.3 Å². The van der Waals surface area contributed by atoms with Crippen molar-refractivity contribution in [3.8, 4) is 0 Å². The lowest BCUT2D eigenvalue weighted by Gasteiger charge is -2.35. The highest BCUT2D eigenvalue weighted by molar-refractivity contribution is 8.07. The quantitative estimate of drug-likeness (QED) is 0.629. The molecule has 0 spiro atoms. The zero-order valence-electron chi connectivity index (χ0n) is 10.2. The normalized spacial score (nSPS) is 27.0. The van der Waals surface area contributed by atoms with E-state index in [2.05, 4.69) is 34.4 Å². The SMILES string of the molecule is CCC1SCCSC1C(NN)c1cnnn1C. The number of rotatable bonds is 4. The van der Waals surface area contributed by atoms with Gasteiger partial charge in [0.2, 0.25) is 0 Å². The van der Waals surface area contributed by atoms with Crippen molar-refractivity contribution in [2.45, 2.75) is 29.9 Å². The van der Waals surface area contributed by atoms with Crippen LogP contribution in [-0.2, 0) is 7.05 Å². The van der Waals surface area contributed by atoms with Gasteiger partial charge in [0.25, 0.3) is 0 Å². The van der Waals surface area contributed by atoms with Crippen molar-refractivity contribution in [3.63, 3.8) is 0 Å². The summed E-state index contributed by atoms with van der Waals surface area (Å²) in [6.07, 6.45) is 2.98. The molecular formula is C10H19N5S2. The maximum absolute atomic E-state index is 5.74. The summed E-state index contributed by atoms with van der Waals surface area (Å²) in [5, 5.41) is 9.05. The largest absolute Gasteiger partial charge is 0.271 e. The van der Waals surface area contributed by atoms with Gasteiger partial charge in [0.1, 0.15) is 0 Å². The summed E-state index contributed by atoms with van der Waals surface area (Å²) in [7, 11) is 1.91. The van der Waals surface area contributed by atoms with Crippen molar-refractivity contribution in [1.82, 2.24) is 20.4 Å². The Morgan fingerprint density at radius 2 is 2.35 bits per heavy atom. The van der Waals surface area contributed by atoms with Crippen LogP contribution in [0.4, 0.5) is 0 Å². The van der Waals surface area contributed by atoms with E-state index in [1.165, 1.54) is 17.9 Å². The average molecular weight is 273 g/mol. The Labute approximate surface area is 110 Å². The highest BCUT2D eigenvalue weighted by Crippen LogP contribution is 2.39. The number of hydrazine groups is 1. The van der Waals surface area contributed by atoms with Gasteiger partial charge in [-0.1, -0.05) is 12.1 Å². The number of hydrogen-bond donors (Lipinski definition) is 2. The molecule has 1 saturated heterocycles. The van der Waals surface area contributed by atoms with Crippen LogP contribution in [0.2, 0.25) is 0 Å². The van der Waals surface area contributed by atoms with Crippen LogP contribution in [0.5, 0.6) is 0 Å². The first-order valence-corrected chi connectivity index (χ1v) is 7.91. The molecule has 0 aromatic carbocycles. The number of nitrogens with zero attached hydrogens (tertiary/aromatic N) is 3. The lowest BCUT2D eigenvalue weighted by atomic mass is 10.1. The van der Waals surface area contributed by atoms with Crippen molar-refractivity contribution in [2.24, 2.45) is 12.9 Å². The summed E-state index contributed by atoms with van der Waals surface area (Å²) in [6, 6.07) is 0.123. The third-order valence-corrected chi connectivity index (χ3v) is 6.42. The summed E-state index contributed by atoms with van der Waals surface area (Å²) in [5.74, 6) is 8.17. The predicted molar refractivity (Wildman–Crippen MR) is 73.9 cm³/mol. The molecule has 1 aliphatic heterocycles. The number of hydrogen-bond acceptors (Lipinski definition) is 6. The topological polar surface area (TPSA) is 68.8 Å². The number of aryl methyl sites for hydroxylation is 1. The van der Waals surface area contributed by atoms with Crippen LogP contribution in [0.15, 0.2) is 6.20 Å². The highest BCUT2D eigenvalue weighted by Gasteiger charge is 2.34. The summed E-state index contributed by atoms with van der Waals surface area (Å²) in [5.41, 5.74) is 4.01. The Morgan fingerprint density at radius 3 is 2.94 bits per heavy atom. The molecule has 3 N–H and O–H groups in total. The molecule has 0 radical (unpaired) electrons. The van der Waals surface area contributed by atoms with E-state index in [1.54, 1.807) is 10.9 Å². The van der Waals surface area contributed by atoms with Crippen molar-refractivity contribution < 1.29 is 0 Å². The van der Waals surface area contributed by atoms with E-state index in [0.717, 1.165) is 5.69 Å². The molecule has 1 aromatic rings. The Morgan fingerprint density at radius 1 is 1.59 bits per heavy atom. The molecule has 3 unspecified atom stereocenters. The van der Waals surface area contributed by atoms with Crippen LogP contribution >= 0.6 is 23.5 Å². The Kier molecular flexibility index (Phi) is 4.72. The second-order valence-corrected chi connectivity index (χ2v) is 6.71. The molecule has 0 saturated carbocycles. The van der Waals surface area contributed by atoms with E-state index in [4.69, 9.17) is 5.84 Å². The maximum Gasteiger partial charge on any atom is 0.0778 e. The fourth-order valence-electron chi connectivity index (χ4n) is 2.17. The van der Waals surface area contributed by atoms with Crippen LogP contribution in [-0.4, -0.2) is 37.0 Å². The molecule has 96 valence electrons. The van der Waals surface area contributed by atoms with Gasteiger partial charge in [-0.15, -0.1) is 5.10 Å². The molecular weight excluding hydrogens is 254 g/mol. The summed E-state index contributed by atoms with van der Waals surface area (Å²) in [6.45, 7) is 2.24. The minimum Gasteiger partial charge on any atom is -0.271 e. The maximum atomic E-state index is 5.74. The van der Waals surface area contributed by atoms with Crippen molar-refractivity contribution in [2.75, 3.05) is 11.5 Å². The highest BCUT2D eigenvalue weighted by atomic mass is 32.2. The van der Waals surface area contributed by atoms with Crippen LogP contribution in [0.3, 0.4) is 0 Å². The number of thioether (sulfide) groups is 2. The molecule has 0 aliphatic carbocycles. The second kappa shape index (κ2) is 6.08. The minimum absolute atomic E-state index is 0.123. The zero-order valence-corrected chi connectivity index (χ0v) is 11.8. The molecule has 2 rings (SSSR count). The van der Waals surface area contributed by atoms with E-state index in [-0.39, 0.29) is 6.04 Å². The molecule has 3 atom stereocenters. The second-order valence-electron chi connectivity index (χ2n) is 4.08. The first kappa shape index (κ1) is 13.2. The van der Waals surface area contributed by atoms with E-state index >= 15 is 0 Å². The molecule has 2 heterocycles. The van der Waals surface area contributed by atoms with Gasteiger partial charge >= 0.3 is 0 Å². The van der Waals surface area contributed by atoms with Crippen molar-refractivity contribution >= 4 is 23.5 Å². The first-order chi connectivity index (χ1) is 8.27. The number of aromatic nitrogens is 3. The van der Waals surface area contributed by atoms with Crippen LogP contribution in [0.25, 0.3) is 0 Å². The van der Waals surface area contributed by atoms with E-state index in [1.807, 2.05) is 18.8 Å². The van der Waals surface area contributed by atoms with Gasteiger partial charge < -0.3 is 0 Å². The standard InChI is InChI=1S/C10H19N5S2/c1-3-8-10(17-5-4-16-8)9(13-11)7-6-12-14-15(7)2/h6,8-10,13H,3-5,11H2,1-2H3. The van der Waals surface area contributed by atoms with Crippen LogP contribution in [0, 0.1) is 0 Å². The van der Waals surface area contributed by atoms with Crippen molar-refractivity contribution in [3.05, 3.63) is 11.9 Å². The lowest BCUT2D eigenvalue weighted by Crippen LogP contribution is -2.42. The van der Waals surface area contributed by atoms with E-state index in [9.17, 15) is 0 Å². The molecule has 1 aromatic heterocycles. The molecule has 0 amide bonds. The van der Waals surface area contributed by atoms with Crippen molar-refractivity contribution in [1.29, 1.82) is 0 Å². The molecule has 1 fully saturated rings. The lowest BCUT2D eigenvalue weighted by molar-refractivity contribution is 0.479. The van der Waals surface area contributed by atoms with Gasteiger partial charge in [0.05, 0.1) is 17.9 Å². The molecule has 1 aliphatic rings. The first-order valence-electron chi connectivity index (χ1n) is 5.81. The minimum atomic E-state index is 0.123. The summed E-state index contributed by atoms with van der Waals surface area (Å²) >= 11 is 4.05. The van der Waals surface area contributed by atoms with Gasteiger partial charge in [-0.3, -0.25) is 16.0 Å². The molecule has 0 bridgehead atoms. The Balaban J connectivity index is 2.19. The Hall–Kier alpha value is -0.240. The average Bonchev–Trinajstić information content (AvgIpc) is 2.78. The van der Waals surface area contributed by atoms with E-state index in [0.29, 0.717) is 10.5 Å². The van der Waals surface area contributed by atoms with Gasteiger partial charge in [-0.2, -0.15) is 23.5 Å². The smallest absolute Gasteiger partial charge is 0.0778 e. The third kappa shape index (κ3) is 2.78. The van der Waals surface area contributed by atoms with Gasteiger partial charge in [0, 0.05) is 29.1 Å². The van der Waals surface area contributed by atoms with Gasteiger partial charge in [-0.25, -0.2) is 0 Å². The van der Waals surface area contributed by atoms with E-state index < -0.39 is 0 Å². The summed E-state index contributed by atoms with van der Waals surface area (Å²) < 4.78 is 1.80. The predicted octanol–water partition coefficient (Wildman–Crippen LogP) is 0.947. The monoisotopic (exact) mass is 273 g/mol. The third-order valence-electron chi connectivity index (χ3n) is 3.07. The molecule has 5 nitrogen and oxygen atoms in total. The Bertz CT molecular complexity index is 356.